The van der Waals surface area contributed by atoms with Crippen molar-refractivity contribution in [3.8, 4) is 0 Å². The van der Waals surface area contributed by atoms with Gasteiger partial charge in [0.2, 0.25) is 0 Å². The van der Waals surface area contributed by atoms with Gasteiger partial charge in [-0.25, -0.2) is 4.39 Å². The van der Waals surface area contributed by atoms with Crippen LogP contribution in [0.25, 0.3) is 0 Å². The quantitative estimate of drug-likeness (QED) is 0.525. The number of hydrazine groups is 1. The van der Waals surface area contributed by atoms with Crippen LogP contribution < -0.4 is 11.3 Å². The van der Waals surface area contributed by atoms with E-state index in [-0.39, 0.29) is 5.82 Å². The van der Waals surface area contributed by atoms with E-state index < -0.39 is 0 Å². The Hall–Kier alpha value is -0.930. The Morgan fingerprint density at radius 2 is 1.92 bits per heavy atom. The van der Waals surface area contributed by atoms with E-state index >= 15 is 0 Å². The van der Waals surface area contributed by atoms with Crippen molar-refractivity contribution < 1.29 is 4.39 Å². The minimum absolute atomic E-state index is 0.222. The van der Waals surface area contributed by atoms with Crippen molar-refractivity contribution in [2.24, 2.45) is 5.84 Å². The number of halogens is 1. The highest BCUT2D eigenvalue weighted by atomic mass is 19.1. The highest BCUT2D eigenvalue weighted by Crippen LogP contribution is 2.04. The molecule has 0 aromatic heterocycles. The van der Waals surface area contributed by atoms with Crippen molar-refractivity contribution in [1.29, 1.82) is 0 Å². The van der Waals surface area contributed by atoms with Gasteiger partial charge in [0.25, 0.3) is 0 Å². The Morgan fingerprint density at radius 1 is 1.33 bits per heavy atom. The molecular weight excluding hydrogens is 155 g/mol. The van der Waals surface area contributed by atoms with Crippen LogP contribution in [0.5, 0.6) is 0 Å². The van der Waals surface area contributed by atoms with Crippen molar-refractivity contribution in [2.45, 2.75) is 20.4 Å². The van der Waals surface area contributed by atoms with Gasteiger partial charge in [0.15, 0.2) is 0 Å². The van der Waals surface area contributed by atoms with Gasteiger partial charge in [0, 0.05) is 12.1 Å². The van der Waals surface area contributed by atoms with Crippen LogP contribution in [-0.4, -0.2) is 0 Å². The summed E-state index contributed by atoms with van der Waals surface area (Å²) in [5.74, 6) is 4.79. The fourth-order valence-electron chi connectivity index (χ4n) is 0.752. The second-order valence-corrected chi connectivity index (χ2v) is 1.97. The summed E-state index contributed by atoms with van der Waals surface area (Å²) in [6.45, 7) is 4.37. The number of benzene rings is 1. The minimum atomic E-state index is -0.222. The van der Waals surface area contributed by atoms with Gasteiger partial charge in [0.1, 0.15) is 5.82 Å². The second-order valence-electron chi connectivity index (χ2n) is 1.97. The molecule has 2 nitrogen and oxygen atoms in total. The van der Waals surface area contributed by atoms with Crippen molar-refractivity contribution in [3.63, 3.8) is 0 Å². The number of hydrogen-bond donors (Lipinski definition) is 2. The molecule has 68 valence electrons. The van der Waals surface area contributed by atoms with E-state index in [0.717, 1.165) is 0 Å². The average molecular weight is 170 g/mol. The Kier molecular flexibility index (Phi) is 6.24. The van der Waals surface area contributed by atoms with E-state index in [4.69, 9.17) is 5.84 Å². The first kappa shape index (κ1) is 11.1. The van der Waals surface area contributed by atoms with E-state index in [0.29, 0.717) is 12.1 Å². The Morgan fingerprint density at radius 3 is 2.42 bits per heavy atom. The molecule has 0 amide bonds. The zero-order valence-electron chi connectivity index (χ0n) is 7.47. The highest BCUT2D eigenvalue weighted by molar-refractivity contribution is 5.16. The zero-order chi connectivity index (χ0) is 9.40. The SMILES string of the molecule is CC.NNCc1ccccc1F. The van der Waals surface area contributed by atoms with Crippen LogP contribution in [0.2, 0.25) is 0 Å². The first-order chi connectivity index (χ1) is 5.84. The van der Waals surface area contributed by atoms with Gasteiger partial charge in [-0.15, -0.1) is 0 Å². The van der Waals surface area contributed by atoms with Crippen LogP contribution in [0.4, 0.5) is 4.39 Å². The molecule has 0 bridgehead atoms. The lowest BCUT2D eigenvalue weighted by molar-refractivity contribution is 0.594. The third-order valence-electron chi connectivity index (χ3n) is 1.25. The fourth-order valence-corrected chi connectivity index (χ4v) is 0.752. The molecule has 0 aliphatic heterocycles. The van der Waals surface area contributed by atoms with E-state index in [1.165, 1.54) is 6.07 Å². The maximum absolute atomic E-state index is 12.7. The summed E-state index contributed by atoms with van der Waals surface area (Å²) < 4.78 is 12.7. The van der Waals surface area contributed by atoms with Crippen molar-refractivity contribution in [2.75, 3.05) is 0 Å². The lowest BCUT2D eigenvalue weighted by Crippen LogP contribution is -2.21. The highest BCUT2D eigenvalue weighted by Gasteiger charge is 1.96. The predicted molar refractivity (Wildman–Crippen MR) is 48.8 cm³/mol. The first-order valence-corrected chi connectivity index (χ1v) is 4.01. The summed E-state index contributed by atoms with van der Waals surface area (Å²) in [7, 11) is 0. The molecule has 0 unspecified atom stereocenters. The maximum atomic E-state index is 12.7. The molecule has 1 aromatic carbocycles. The largest absolute Gasteiger partial charge is 0.271 e. The number of nitrogens with one attached hydrogen (secondary N) is 1. The van der Waals surface area contributed by atoms with Gasteiger partial charge in [0.05, 0.1) is 0 Å². The van der Waals surface area contributed by atoms with Gasteiger partial charge >= 0.3 is 0 Å². The van der Waals surface area contributed by atoms with Crippen LogP contribution in [0.15, 0.2) is 24.3 Å². The number of hydrogen-bond acceptors (Lipinski definition) is 2. The summed E-state index contributed by atoms with van der Waals surface area (Å²) in [4.78, 5) is 0. The van der Waals surface area contributed by atoms with Crippen LogP contribution in [-0.2, 0) is 6.54 Å². The molecule has 0 fully saturated rings. The molecule has 3 N–H and O–H groups in total. The molecule has 1 aromatic rings. The van der Waals surface area contributed by atoms with Crippen LogP contribution >= 0.6 is 0 Å². The maximum Gasteiger partial charge on any atom is 0.127 e. The molecule has 0 atom stereocenters. The van der Waals surface area contributed by atoms with Crippen LogP contribution in [0.3, 0.4) is 0 Å². The van der Waals surface area contributed by atoms with Crippen molar-refractivity contribution in [1.82, 2.24) is 5.43 Å². The van der Waals surface area contributed by atoms with Gasteiger partial charge in [-0.2, -0.15) is 0 Å². The second kappa shape index (κ2) is 6.76. The first-order valence-electron chi connectivity index (χ1n) is 4.01. The average Bonchev–Trinajstić information content (AvgIpc) is 2.13. The molecule has 0 aliphatic rings. The molecule has 0 heterocycles. The summed E-state index contributed by atoms with van der Waals surface area (Å²) in [5, 5.41) is 0. The monoisotopic (exact) mass is 170 g/mol. The van der Waals surface area contributed by atoms with Crippen molar-refractivity contribution in [3.05, 3.63) is 35.6 Å². The standard InChI is InChI=1S/C7H9FN2.C2H6/c8-7-4-2-1-3-6(7)5-10-9;1-2/h1-4,10H,5,9H2;1-2H3. The van der Waals surface area contributed by atoms with E-state index in [1.54, 1.807) is 18.2 Å². The van der Waals surface area contributed by atoms with E-state index in [9.17, 15) is 4.39 Å². The van der Waals surface area contributed by atoms with Crippen molar-refractivity contribution >= 4 is 0 Å². The third-order valence-corrected chi connectivity index (χ3v) is 1.25. The Labute approximate surface area is 72.6 Å². The lowest BCUT2D eigenvalue weighted by Gasteiger charge is -1.99. The molecule has 12 heavy (non-hydrogen) atoms. The lowest BCUT2D eigenvalue weighted by atomic mass is 10.2. The fraction of sp³-hybridized carbons (Fsp3) is 0.333. The summed E-state index contributed by atoms with van der Waals surface area (Å²) in [6, 6.07) is 6.52. The van der Waals surface area contributed by atoms with E-state index in [2.05, 4.69) is 5.43 Å². The zero-order valence-corrected chi connectivity index (χ0v) is 7.47. The number of nitrogens with two attached hydrogens (primary N) is 1. The van der Waals surface area contributed by atoms with Gasteiger partial charge in [-0.05, 0) is 6.07 Å². The molecular formula is C9H15FN2. The molecule has 0 saturated carbocycles. The van der Waals surface area contributed by atoms with Gasteiger partial charge in [-0.1, -0.05) is 32.0 Å². The van der Waals surface area contributed by atoms with Gasteiger partial charge in [-0.3, -0.25) is 11.3 Å². The summed E-state index contributed by atoms with van der Waals surface area (Å²) >= 11 is 0. The Bertz CT molecular complexity index is 213. The number of rotatable bonds is 2. The predicted octanol–water partition coefficient (Wildman–Crippen LogP) is 1.82. The molecule has 1 rings (SSSR count). The molecule has 0 aliphatic carbocycles. The Balaban J connectivity index is 0.000000561. The van der Waals surface area contributed by atoms with Crippen LogP contribution in [0.1, 0.15) is 19.4 Å². The van der Waals surface area contributed by atoms with Crippen LogP contribution in [0, 0.1) is 5.82 Å². The molecule has 0 saturated heterocycles. The summed E-state index contributed by atoms with van der Waals surface area (Å²) in [5.41, 5.74) is 2.97. The normalized spacial score (nSPS) is 8.67. The third kappa shape index (κ3) is 3.46. The molecule has 0 spiro atoms. The van der Waals surface area contributed by atoms with E-state index in [1.807, 2.05) is 13.8 Å². The molecule has 3 heteroatoms. The minimum Gasteiger partial charge on any atom is -0.271 e. The smallest absolute Gasteiger partial charge is 0.127 e. The topological polar surface area (TPSA) is 38.0 Å². The molecule has 0 radical (unpaired) electrons. The van der Waals surface area contributed by atoms with Gasteiger partial charge < -0.3 is 0 Å². The summed E-state index contributed by atoms with van der Waals surface area (Å²) in [6.07, 6.45) is 0.